The molecule has 0 radical (unpaired) electrons. The Kier molecular flexibility index (Phi) is 7.38. The van der Waals surface area contributed by atoms with Crippen LogP contribution < -0.4 is 10.6 Å². The number of carbonyl (C=O) groups is 1. The molecule has 2 aromatic heterocycles. The monoisotopic (exact) mass is 394 g/mol. The average molecular weight is 394 g/mol. The Balaban J connectivity index is 1.41. The standard InChI is InChI=1S/C22H23FN4O2/c23-21-19(4-2-11-26-21)14-27-22(29)17-7-5-16(6-8-17)9-12-25-15-20(28)18-3-1-10-24-13-18/h1-8,10-11,13,20,25,28H,9,12,14-15H2,(H,27,29). The number of amides is 1. The Morgan fingerprint density at radius 2 is 1.90 bits per heavy atom. The van der Waals surface area contributed by atoms with Crippen LogP contribution in [0.3, 0.4) is 0 Å². The summed E-state index contributed by atoms with van der Waals surface area (Å²) >= 11 is 0. The number of aliphatic hydroxyl groups excluding tert-OH is 1. The molecule has 1 atom stereocenters. The average Bonchev–Trinajstić information content (AvgIpc) is 2.77. The van der Waals surface area contributed by atoms with E-state index in [1.807, 2.05) is 18.2 Å². The first kappa shape index (κ1) is 20.6. The molecular weight excluding hydrogens is 371 g/mol. The van der Waals surface area contributed by atoms with E-state index in [1.165, 1.54) is 6.20 Å². The van der Waals surface area contributed by atoms with Gasteiger partial charge in [-0.1, -0.05) is 24.3 Å². The molecule has 0 spiro atoms. The number of aliphatic hydroxyl groups is 1. The Labute approximate surface area is 168 Å². The van der Waals surface area contributed by atoms with Gasteiger partial charge in [-0.05, 0) is 42.8 Å². The van der Waals surface area contributed by atoms with Crippen molar-refractivity contribution in [1.29, 1.82) is 0 Å². The summed E-state index contributed by atoms with van der Waals surface area (Å²) in [5.41, 5.74) is 2.71. The third kappa shape index (κ3) is 6.17. The molecule has 0 bridgehead atoms. The molecule has 0 aliphatic carbocycles. The summed E-state index contributed by atoms with van der Waals surface area (Å²) in [7, 11) is 0. The fraction of sp³-hybridized carbons (Fsp3) is 0.227. The van der Waals surface area contributed by atoms with Gasteiger partial charge in [0.05, 0.1) is 6.10 Å². The first-order chi connectivity index (χ1) is 14.1. The second-order valence-electron chi connectivity index (χ2n) is 6.59. The van der Waals surface area contributed by atoms with Crippen molar-refractivity contribution in [3.63, 3.8) is 0 Å². The van der Waals surface area contributed by atoms with Crippen LogP contribution in [0.5, 0.6) is 0 Å². The van der Waals surface area contributed by atoms with Gasteiger partial charge in [-0.3, -0.25) is 9.78 Å². The second kappa shape index (κ2) is 10.4. The van der Waals surface area contributed by atoms with Gasteiger partial charge in [-0.15, -0.1) is 0 Å². The summed E-state index contributed by atoms with van der Waals surface area (Å²) in [6.45, 7) is 1.23. The Morgan fingerprint density at radius 1 is 1.10 bits per heavy atom. The molecule has 150 valence electrons. The molecule has 3 rings (SSSR count). The third-order valence-corrected chi connectivity index (χ3v) is 4.49. The fourth-order valence-electron chi connectivity index (χ4n) is 2.81. The molecule has 2 heterocycles. The smallest absolute Gasteiger partial charge is 0.251 e. The predicted octanol–water partition coefficient (Wildman–Crippen LogP) is 2.41. The van der Waals surface area contributed by atoms with E-state index in [9.17, 15) is 14.3 Å². The van der Waals surface area contributed by atoms with Crippen molar-refractivity contribution < 1.29 is 14.3 Å². The van der Waals surface area contributed by atoms with Crippen LogP contribution >= 0.6 is 0 Å². The van der Waals surface area contributed by atoms with Gasteiger partial charge in [0.25, 0.3) is 5.91 Å². The van der Waals surface area contributed by atoms with Gasteiger partial charge in [0.15, 0.2) is 0 Å². The number of hydrogen-bond acceptors (Lipinski definition) is 5. The molecule has 0 aliphatic heterocycles. The van der Waals surface area contributed by atoms with Gasteiger partial charge in [0.2, 0.25) is 5.95 Å². The summed E-state index contributed by atoms with van der Waals surface area (Å²) < 4.78 is 13.5. The Hall–Kier alpha value is -3.16. The first-order valence-electron chi connectivity index (χ1n) is 9.38. The molecule has 0 saturated carbocycles. The van der Waals surface area contributed by atoms with Crippen molar-refractivity contribution in [3.8, 4) is 0 Å². The van der Waals surface area contributed by atoms with Crippen LogP contribution in [0.25, 0.3) is 0 Å². The number of aromatic nitrogens is 2. The van der Waals surface area contributed by atoms with Gasteiger partial charge in [-0.2, -0.15) is 4.39 Å². The minimum absolute atomic E-state index is 0.0867. The highest BCUT2D eigenvalue weighted by Crippen LogP contribution is 2.10. The molecule has 3 aromatic rings. The molecular formula is C22H23FN4O2. The van der Waals surface area contributed by atoms with E-state index in [0.717, 1.165) is 17.5 Å². The lowest BCUT2D eigenvalue weighted by Gasteiger charge is -2.12. The first-order valence-corrected chi connectivity index (χ1v) is 9.38. The van der Waals surface area contributed by atoms with E-state index in [1.54, 1.807) is 42.7 Å². The minimum atomic E-state index is -0.598. The van der Waals surface area contributed by atoms with Gasteiger partial charge in [0.1, 0.15) is 0 Å². The molecule has 0 saturated heterocycles. The quantitative estimate of drug-likeness (QED) is 0.383. The van der Waals surface area contributed by atoms with Crippen LogP contribution in [0, 0.1) is 5.95 Å². The SMILES string of the molecule is O=C(NCc1cccnc1F)c1ccc(CCNCC(O)c2cccnc2)cc1. The molecule has 29 heavy (non-hydrogen) atoms. The van der Waals surface area contributed by atoms with Crippen molar-refractivity contribution in [2.45, 2.75) is 19.1 Å². The van der Waals surface area contributed by atoms with Crippen LogP contribution in [0.2, 0.25) is 0 Å². The fourth-order valence-corrected chi connectivity index (χ4v) is 2.81. The number of halogens is 1. The van der Waals surface area contributed by atoms with E-state index >= 15 is 0 Å². The molecule has 1 amide bonds. The molecule has 7 heteroatoms. The van der Waals surface area contributed by atoms with Gasteiger partial charge in [-0.25, -0.2) is 4.98 Å². The second-order valence-corrected chi connectivity index (χ2v) is 6.59. The highest BCUT2D eigenvalue weighted by molar-refractivity contribution is 5.94. The van der Waals surface area contributed by atoms with Crippen molar-refractivity contribution >= 4 is 5.91 Å². The van der Waals surface area contributed by atoms with Crippen molar-refractivity contribution in [2.24, 2.45) is 0 Å². The lowest BCUT2D eigenvalue weighted by atomic mass is 10.1. The van der Waals surface area contributed by atoms with E-state index in [0.29, 0.717) is 24.2 Å². The van der Waals surface area contributed by atoms with E-state index in [-0.39, 0.29) is 12.5 Å². The molecule has 0 fully saturated rings. The number of hydrogen-bond donors (Lipinski definition) is 3. The molecule has 1 aromatic carbocycles. The van der Waals surface area contributed by atoms with Gasteiger partial charge < -0.3 is 15.7 Å². The van der Waals surface area contributed by atoms with Crippen LogP contribution in [0.4, 0.5) is 4.39 Å². The number of pyridine rings is 2. The van der Waals surface area contributed by atoms with Crippen molar-refractivity contribution in [3.05, 3.63) is 95.3 Å². The minimum Gasteiger partial charge on any atom is -0.387 e. The molecule has 0 aliphatic rings. The number of benzene rings is 1. The van der Waals surface area contributed by atoms with E-state index in [2.05, 4.69) is 20.6 Å². The van der Waals surface area contributed by atoms with Gasteiger partial charge in [0, 0.05) is 48.4 Å². The lowest BCUT2D eigenvalue weighted by molar-refractivity contribution is 0.0950. The predicted molar refractivity (Wildman–Crippen MR) is 108 cm³/mol. The summed E-state index contributed by atoms with van der Waals surface area (Å²) in [5.74, 6) is -0.846. The topological polar surface area (TPSA) is 87.1 Å². The maximum absolute atomic E-state index is 13.5. The highest BCUT2D eigenvalue weighted by Gasteiger charge is 2.09. The maximum Gasteiger partial charge on any atom is 0.251 e. The third-order valence-electron chi connectivity index (χ3n) is 4.49. The van der Waals surface area contributed by atoms with E-state index < -0.39 is 12.1 Å². The molecule has 1 unspecified atom stereocenters. The summed E-state index contributed by atoms with van der Waals surface area (Å²) in [6, 6.07) is 14.1. The molecule has 6 nitrogen and oxygen atoms in total. The summed E-state index contributed by atoms with van der Waals surface area (Å²) in [5, 5.41) is 16.0. The number of nitrogens with one attached hydrogen (secondary N) is 2. The van der Waals surface area contributed by atoms with Crippen LogP contribution in [-0.4, -0.2) is 34.1 Å². The Morgan fingerprint density at radius 3 is 2.62 bits per heavy atom. The van der Waals surface area contributed by atoms with Crippen LogP contribution in [-0.2, 0) is 13.0 Å². The number of rotatable bonds is 9. The summed E-state index contributed by atoms with van der Waals surface area (Å²) in [6.07, 6.45) is 4.86. The highest BCUT2D eigenvalue weighted by atomic mass is 19.1. The van der Waals surface area contributed by atoms with Crippen LogP contribution in [0.1, 0.15) is 33.2 Å². The summed E-state index contributed by atoms with van der Waals surface area (Å²) in [4.78, 5) is 19.8. The maximum atomic E-state index is 13.5. The zero-order valence-corrected chi connectivity index (χ0v) is 15.9. The number of nitrogens with zero attached hydrogens (tertiary/aromatic N) is 2. The largest absolute Gasteiger partial charge is 0.387 e. The zero-order valence-electron chi connectivity index (χ0n) is 15.9. The van der Waals surface area contributed by atoms with Crippen LogP contribution in [0.15, 0.2) is 67.1 Å². The van der Waals surface area contributed by atoms with Crippen molar-refractivity contribution in [2.75, 3.05) is 13.1 Å². The van der Waals surface area contributed by atoms with Crippen molar-refractivity contribution in [1.82, 2.24) is 20.6 Å². The molecule has 3 N–H and O–H groups in total. The van der Waals surface area contributed by atoms with Gasteiger partial charge >= 0.3 is 0 Å². The number of carbonyl (C=O) groups excluding carboxylic acids is 1. The zero-order chi connectivity index (χ0) is 20.5. The Bertz CT molecular complexity index is 920. The normalized spacial score (nSPS) is 11.8. The van der Waals surface area contributed by atoms with E-state index in [4.69, 9.17) is 0 Å². The lowest BCUT2D eigenvalue weighted by Crippen LogP contribution is -2.24.